The van der Waals surface area contributed by atoms with Gasteiger partial charge in [-0.1, -0.05) is 0 Å². The Balaban J connectivity index is 1.56. The van der Waals surface area contributed by atoms with Crippen molar-refractivity contribution in [1.82, 2.24) is 4.31 Å². The Labute approximate surface area is 172 Å². The molecule has 2 aromatic rings. The van der Waals surface area contributed by atoms with Crippen LogP contribution < -0.4 is 10.1 Å². The number of amides is 1. The molecule has 1 fully saturated rings. The average Bonchev–Trinajstić information content (AvgIpc) is 2.74. The van der Waals surface area contributed by atoms with Gasteiger partial charge in [0.05, 0.1) is 18.8 Å². The zero-order chi connectivity index (χ0) is 21.3. The second kappa shape index (κ2) is 8.13. The van der Waals surface area contributed by atoms with Crippen molar-refractivity contribution in [2.75, 3.05) is 31.6 Å². The highest BCUT2D eigenvalue weighted by atomic mass is 32.2. The third-order valence-corrected chi connectivity index (χ3v) is 6.85. The minimum Gasteiger partial charge on any atom is -0.423 e. The SMILES string of the molecule is O=C1CCc2cc(OC(=O)c3ccc(F)c(S(=O)(=O)N4CCOCC4)c3)ccc2N1. The molecule has 2 aliphatic heterocycles. The Kier molecular flexibility index (Phi) is 5.54. The van der Waals surface area contributed by atoms with Crippen LogP contribution in [-0.2, 0) is 26.0 Å². The van der Waals surface area contributed by atoms with E-state index >= 15 is 0 Å². The highest BCUT2D eigenvalue weighted by Gasteiger charge is 2.30. The number of fused-ring (bicyclic) bond motifs is 1. The van der Waals surface area contributed by atoms with E-state index in [4.69, 9.17) is 9.47 Å². The van der Waals surface area contributed by atoms with Gasteiger partial charge in [-0.05, 0) is 48.4 Å². The normalized spacial score (nSPS) is 17.2. The lowest BCUT2D eigenvalue weighted by Crippen LogP contribution is -2.41. The smallest absolute Gasteiger partial charge is 0.343 e. The van der Waals surface area contributed by atoms with Crippen LogP contribution in [0.5, 0.6) is 5.75 Å². The number of carbonyl (C=O) groups excluding carboxylic acids is 2. The fraction of sp³-hybridized carbons (Fsp3) is 0.300. The van der Waals surface area contributed by atoms with Crippen molar-refractivity contribution in [3.05, 3.63) is 53.3 Å². The fourth-order valence-electron chi connectivity index (χ4n) is 3.34. The summed E-state index contributed by atoms with van der Waals surface area (Å²) in [5.41, 5.74) is 1.40. The van der Waals surface area contributed by atoms with Crippen molar-refractivity contribution >= 4 is 27.6 Å². The van der Waals surface area contributed by atoms with Crippen molar-refractivity contribution in [2.24, 2.45) is 0 Å². The van der Waals surface area contributed by atoms with Crippen molar-refractivity contribution in [1.29, 1.82) is 0 Å². The standard InChI is InChI=1S/C20H19FN2O6S/c21-16-4-1-14(12-18(16)30(26,27)23-7-9-28-10-8-23)20(25)29-15-3-5-17-13(11-15)2-6-19(24)22-17/h1,3-5,11-12H,2,6-10H2,(H,22,24). The summed E-state index contributed by atoms with van der Waals surface area (Å²) in [4.78, 5) is 23.4. The van der Waals surface area contributed by atoms with Gasteiger partial charge in [0.25, 0.3) is 0 Å². The van der Waals surface area contributed by atoms with E-state index in [0.29, 0.717) is 18.5 Å². The van der Waals surface area contributed by atoms with Gasteiger partial charge in [0.2, 0.25) is 15.9 Å². The first-order chi connectivity index (χ1) is 14.3. The first kappa shape index (κ1) is 20.5. The number of aryl methyl sites for hydroxylation is 1. The van der Waals surface area contributed by atoms with E-state index in [2.05, 4.69) is 5.32 Å². The maximum Gasteiger partial charge on any atom is 0.343 e. The van der Waals surface area contributed by atoms with Crippen LogP contribution in [0.2, 0.25) is 0 Å². The van der Waals surface area contributed by atoms with Crippen molar-refractivity contribution in [2.45, 2.75) is 17.7 Å². The number of hydrogen-bond donors (Lipinski definition) is 1. The van der Waals surface area contributed by atoms with Crippen LogP contribution in [0.4, 0.5) is 10.1 Å². The largest absolute Gasteiger partial charge is 0.423 e. The minimum absolute atomic E-state index is 0.0763. The number of morpholine rings is 1. The number of esters is 1. The van der Waals surface area contributed by atoms with E-state index in [-0.39, 0.29) is 43.5 Å². The number of hydrogen-bond acceptors (Lipinski definition) is 6. The molecule has 0 radical (unpaired) electrons. The maximum absolute atomic E-state index is 14.3. The lowest BCUT2D eigenvalue weighted by atomic mass is 10.0. The Morgan fingerprint density at radius 3 is 2.63 bits per heavy atom. The number of anilines is 1. The molecule has 1 saturated heterocycles. The zero-order valence-electron chi connectivity index (χ0n) is 15.9. The monoisotopic (exact) mass is 434 g/mol. The van der Waals surface area contributed by atoms with E-state index in [1.807, 2.05) is 0 Å². The Morgan fingerprint density at radius 1 is 1.10 bits per heavy atom. The topological polar surface area (TPSA) is 102 Å². The predicted octanol–water partition coefficient (Wildman–Crippen LogP) is 1.95. The van der Waals surface area contributed by atoms with Crippen LogP contribution in [0.3, 0.4) is 0 Å². The molecule has 8 nitrogen and oxygen atoms in total. The summed E-state index contributed by atoms with van der Waals surface area (Å²) >= 11 is 0. The molecule has 2 aromatic carbocycles. The van der Waals surface area contributed by atoms with Gasteiger partial charge < -0.3 is 14.8 Å². The average molecular weight is 434 g/mol. The molecular weight excluding hydrogens is 415 g/mol. The summed E-state index contributed by atoms with van der Waals surface area (Å²) in [5, 5.41) is 2.73. The number of halogens is 1. The van der Waals surface area contributed by atoms with Crippen molar-refractivity contribution < 1.29 is 31.9 Å². The van der Waals surface area contributed by atoms with Crippen LogP contribution in [0, 0.1) is 5.82 Å². The van der Waals surface area contributed by atoms with E-state index in [9.17, 15) is 22.4 Å². The van der Waals surface area contributed by atoms with Crippen LogP contribution in [0.25, 0.3) is 0 Å². The molecule has 0 aliphatic carbocycles. The van der Waals surface area contributed by atoms with Crippen LogP contribution in [0.1, 0.15) is 22.3 Å². The molecule has 158 valence electrons. The number of nitrogens with zero attached hydrogens (tertiary/aromatic N) is 1. The lowest BCUT2D eigenvalue weighted by molar-refractivity contribution is -0.116. The molecule has 0 unspecified atom stereocenters. The maximum atomic E-state index is 14.3. The Bertz CT molecular complexity index is 1110. The molecule has 0 bridgehead atoms. The number of rotatable bonds is 4. The van der Waals surface area contributed by atoms with Crippen molar-refractivity contribution in [3.63, 3.8) is 0 Å². The predicted molar refractivity (Wildman–Crippen MR) is 104 cm³/mol. The Morgan fingerprint density at radius 2 is 1.87 bits per heavy atom. The second-order valence-electron chi connectivity index (χ2n) is 6.92. The van der Waals surface area contributed by atoms with E-state index in [0.717, 1.165) is 22.0 Å². The second-order valence-corrected chi connectivity index (χ2v) is 8.82. The first-order valence-electron chi connectivity index (χ1n) is 9.37. The summed E-state index contributed by atoms with van der Waals surface area (Å²) < 4.78 is 51.5. The minimum atomic E-state index is -4.11. The van der Waals surface area contributed by atoms with Crippen LogP contribution in [0.15, 0.2) is 41.3 Å². The number of benzene rings is 2. The number of ether oxygens (including phenoxy) is 2. The van der Waals surface area contributed by atoms with Gasteiger partial charge in [0.1, 0.15) is 16.5 Å². The van der Waals surface area contributed by atoms with Crippen LogP contribution >= 0.6 is 0 Å². The number of nitrogens with one attached hydrogen (secondary N) is 1. The zero-order valence-corrected chi connectivity index (χ0v) is 16.7. The molecule has 10 heteroatoms. The van der Waals surface area contributed by atoms with Gasteiger partial charge in [0.15, 0.2) is 0 Å². The molecule has 0 atom stereocenters. The molecule has 30 heavy (non-hydrogen) atoms. The highest BCUT2D eigenvalue weighted by molar-refractivity contribution is 7.89. The molecule has 1 N–H and O–H groups in total. The summed E-state index contributed by atoms with van der Waals surface area (Å²) in [5.74, 6) is -1.58. The third-order valence-electron chi connectivity index (χ3n) is 4.94. The quantitative estimate of drug-likeness (QED) is 0.583. The third kappa shape index (κ3) is 4.07. The number of sulfonamides is 1. The van der Waals surface area contributed by atoms with Gasteiger partial charge in [-0.25, -0.2) is 17.6 Å². The van der Waals surface area contributed by atoms with Gasteiger partial charge in [-0.2, -0.15) is 4.31 Å². The summed E-state index contributed by atoms with van der Waals surface area (Å²) in [6.45, 7) is 0.674. The van der Waals surface area contributed by atoms with Gasteiger partial charge in [-0.15, -0.1) is 0 Å². The highest BCUT2D eigenvalue weighted by Crippen LogP contribution is 2.28. The van der Waals surface area contributed by atoms with Gasteiger partial charge in [0, 0.05) is 25.2 Å². The first-order valence-corrected chi connectivity index (χ1v) is 10.8. The number of carbonyl (C=O) groups is 2. The summed E-state index contributed by atoms with van der Waals surface area (Å²) in [7, 11) is -4.11. The van der Waals surface area contributed by atoms with Crippen molar-refractivity contribution in [3.8, 4) is 5.75 Å². The van der Waals surface area contributed by atoms with E-state index in [1.54, 1.807) is 12.1 Å². The summed E-state index contributed by atoms with van der Waals surface area (Å²) in [6.07, 6.45) is 0.857. The summed E-state index contributed by atoms with van der Waals surface area (Å²) in [6, 6.07) is 7.90. The molecule has 4 rings (SSSR count). The van der Waals surface area contributed by atoms with Gasteiger partial charge >= 0.3 is 5.97 Å². The van der Waals surface area contributed by atoms with E-state index in [1.165, 1.54) is 12.1 Å². The lowest BCUT2D eigenvalue weighted by Gasteiger charge is -2.26. The fourth-order valence-corrected chi connectivity index (χ4v) is 4.84. The molecular formula is C20H19FN2O6S. The molecule has 0 aromatic heterocycles. The van der Waals surface area contributed by atoms with Gasteiger partial charge in [-0.3, -0.25) is 4.79 Å². The molecule has 0 spiro atoms. The molecule has 2 aliphatic rings. The molecule has 1 amide bonds. The Hall–Kier alpha value is -2.82. The van der Waals surface area contributed by atoms with E-state index < -0.39 is 26.7 Å². The molecule has 0 saturated carbocycles. The molecule has 2 heterocycles. The van der Waals surface area contributed by atoms with Crippen LogP contribution in [-0.4, -0.2) is 50.9 Å².